The summed E-state index contributed by atoms with van der Waals surface area (Å²) in [6, 6.07) is 0. The molecule has 0 radical (unpaired) electrons. The van der Waals surface area contributed by atoms with E-state index in [1.165, 1.54) is 109 Å². The molecule has 0 aliphatic carbocycles. The van der Waals surface area contributed by atoms with Crippen LogP contribution >= 0.6 is 0 Å². The van der Waals surface area contributed by atoms with Crippen LogP contribution in [0.1, 0.15) is 116 Å². The minimum atomic E-state index is 0. The molecule has 0 spiro atoms. The summed E-state index contributed by atoms with van der Waals surface area (Å²) in [5, 5.41) is 0. The Kier molecular flexibility index (Phi) is 28.3. The molecule has 154 valence electrons. The lowest BCUT2D eigenvalue weighted by atomic mass is 10.0. The molecule has 0 bridgehead atoms. The molecule has 2 N–H and O–H groups in total. The average Bonchev–Trinajstić information content (AvgIpc) is 2.60. The summed E-state index contributed by atoms with van der Waals surface area (Å²) in [4.78, 5) is 0. The summed E-state index contributed by atoms with van der Waals surface area (Å²) >= 11 is 0. The highest BCUT2D eigenvalue weighted by molar-refractivity contribution is 4.50. The Balaban J connectivity index is 0. The van der Waals surface area contributed by atoms with E-state index in [1.54, 1.807) is 7.11 Å². The van der Waals surface area contributed by atoms with Crippen molar-refractivity contribution in [3.8, 4) is 0 Å². The number of ether oxygens (including phenoxy) is 2. The molecule has 0 aliphatic heterocycles. The molecule has 0 amide bonds. The SMILES string of the molecule is CCCCCCCCCCCCCCCCCCCOCCOC.O. The van der Waals surface area contributed by atoms with E-state index in [2.05, 4.69) is 6.92 Å². The minimum absolute atomic E-state index is 0. The Bertz CT molecular complexity index is 187. The molecular formula is C22H48O3. The van der Waals surface area contributed by atoms with E-state index >= 15 is 0 Å². The molecule has 0 aliphatic rings. The van der Waals surface area contributed by atoms with Gasteiger partial charge in [0.05, 0.1) is 13.2 Å². The first-order valence-corrected chi connectivity index (χ1v) is 11.0. The van der Waals surface area contributed by atoms with Gasteiger partial charge in [-0.25, -0.2) is 0 Å². The maximum atomic E-state index is 5.47. The van der Waals surface area contributed by atoms with Gasteiger partial charge in [-0.2, -0.15) is 0 Å². The van der Waals surface area contributed by atoms with Gasteiger partial charge in [0.1, 0.15) is 0 Å². The van der Waals surface area contributed by atoms with Crippen LogP contribution in [-0.2, 0) is 9.47 Å². The summed E-state index contributed by atoms with van der Waals surface area (Å²) in [6.45, 7) is 4.66. The summed E-state index contributed by atoms with van der Waals surface area (Å²) in [5.41, 5.74) is 0. The van der Waals surface area contributed by atoms with Crippen LogP contribution < -0.4 is 0 Å². The Labute approximate surface area is 158 Å². The second kappa shape index (κ2) is 26.1. The fourth-order valence-corrected chi connectivity index (χ4v) is 3.17. The van der Waals surface area contributed by atoms with Crippen LogP contribution in [0.15, 0.2) is 0 Å². The fourth-order valence-electron chi connectivity index (χ4n) is 3.17. The maximum Gasteiger partial charge on any atom is 0.0700 e. The van der Waals surface area contributed by atoms with Gasteiger partial charge in [0.2, 0.25) is 0 Å². The Hall–Kier alpha value is -0.120. The minimum Gasteiger partial charge on any atom is -0.412 e. The third-order valence-electron chi connectivity index (χ3n) is 4.82. The number of hydrogen-bond donors (Lipinski definition) is 0. The second-order valence-corrected chi connectivity index (χ2v) is 7.26. The van der Waals surface area contributed by atoms with E-state index in [4.69, 9.17) is 9.47 Å². The Morgan fingerprint density at radius 1 is 0.440 bits per heavy atom. The van der Waals surface area contributed by atoms with Gasteiger partial charge in [-0.1, -0.05) is 110 Å². The van der Waals surface area contributed by atoms with Gasteiger partial charge in [-0.3, -0.25) is 0 Å². The monoisotopic (exact) mass is 360 g/mol. The molecule has 25 heavy (non-hydrogen) atoms. The first kappa shape index (κ1) is 27.1. The van der Waals surface area contributed by atoms with Crippen molar-refractivity contribution in [3.63, 3.8) is 0 Å². The van der Waals surface area contributed by atoms with Gasteiger partial charge >= 0.3 is 0 Å². The van der Waals surface area contributed by atoms with E-state index < -0.39 is 0 Å². The van der Waals surface area contributed by atoms with Gasteiger partial charge in [0, 0.05) is 13.7 Å². The summed E-state index contributed by atoms with van der Waals surface area (Å²) in [6.07, 6.45) is 24.2. The largest absolute Gasteiger partial charge is 0.412 e. The van der Waals surface area contributed by atoms with Crippen LogP contribution in [0, 0.1) is 0 Å². The molecule has 0 heterocycles. The third-order valence-corrected chi connectivity index (χ3v) is 4.82. The summed E-state index contributed by atoms with van der Waals surface area (Å²) in [5.74, 6) is 0. The van der Waals surface area contributed by atoms with Gasteiger partial charge in [-0.15, -0.1) is 0 Å². The topological polar surface area (TPSA) is 50.0 Å². The molecule has 3 nitrogen and oxygen atoms in total. The van der Waals surface area contributed by atoms with Crippen LogP contribution in [-0.4, -0.2) is 32.4 Å². The van der Waals surface area contributed by atoms with Crippen LogP contribution in [0.4, 0.5) is 0 Å². The molecule has 0 fully saturated rings. The van der Waals surface area contributed by atoms with Crippen molar-refractivity contribution in [3.05, 3.63) is 0 Å². The lowest BCUT2D eigenvalue weighted by Gasteiger charge is -2.04. The molecule has 0 atom stereocenters. The van der Waals surface area contributed by atoms with E-state index in [0.717, 1.165) is 19.8 Å². The number of rotatable bonds is 21. The van der Waals surface area contributed by atoms with E-state index in [0.29, 0.717) is 0 Å². The lowest BCUT2D eigenvalue weighted by molar-refractivity contribution is 0.0685. The molecule has 0 saturated carbocycles. The van der Waals surface area contributed by atoms with E-state index in [-0.39, 0.29) is 5.48 Å². The molecule has 0 aromatic heterocycles. The van der Waals surface area contributed by atoms with Gasteiger partial charge < -0.3 is 14.9 Å². The molecular weight excluding hydrogens is 312 g/mol. The molecule has 0 aromatic rings. The van der Waals surface area contributed by atoms with Crippen molar-refractivity contribution in [1.29, 1.82) is 0 Å². The summed E-state index contributed by atoms with van der Waals surface area (Å²) in [7, 11) is 1.72. The van der Waals surface area contributed by atoms with Crippen LogP contribution in [0.25, 0.3) is 0 Å². The Morgan fingerprint density at radius 2 is 0.800 bits per heavy atom. The standard InChI is InChI=1S/C22H46O2.H2O/c1-3-4-5-6-7-8-9-10-11-12-13-14-15-16-17-18-19-20-24-22-21-23-2;/h3-22H2,1-2H3;1H2. The highest BCUT2D eigenvalue weighted by Gasteiger charge is 1.95. The molecule has 0 aromatic carbocycles. The van der Waals surface area contributed by atoms with Crippen LogP contribution in [0.3, 0.4) is 0 Å². The first-order valence-electron chi connectivity index (χ1n) is 11.0. The quantitative estimate of drug-likeness (QED) is 0.220. The highest BCUT2D eigenvalue weighted by Crippen LogP contribution is 2.13. The van der Waals surface area contributed by atoms with E-state index in [1.807, 2.05) is 0 Å². The summed E-state index contributed by atoms with van der Waals surface area (Å²) < 4.78 is 10.4. The fraction of sp³-hybridized carbons (Fsp3) is 1.00. The highest BCUT2D eigenvalue weighted by atomic mass is 16.5. The first-order chi connectivity index (χ1) is 11.9. The van der Waals surface area contributed by atoms with Crippen LogP contribution in [0.5, 0.6) is 0 Å². The van der Waals surface area contributed by atoms with Crippen molar-refractivity contribution in [2.24, 2.45) is 0 Å². The van der Waals surface area contributed by atoms with Gasteiger partial charge in [0.15, 0.2) is 0 Å². The predicted octanol–water partition coefficient (Wildman–Crippen LogP) is 6.48. The third kappa shape index (κ3) is 26.2. The van der Waals surface area contributed by atoms with E-state index in [9.17, 15) is 0 Å². The van der Waals surface area contributed by atoms with Crippen molar-refractivity contribution < 1.29 is 14.9 Å². The average molecular weight is 361 g/mol. The number of hydrogen-bond acceptors (Lipinski definition) is 2. The van der Waals surface area contributed by atoms with Crippen molar-refractivity contribution in [2.45, 2.75) is 116 Å². The number of unbranched alkanes of at least 4 members (excludes halogenated alkanes) is 16. The zero-order valence-corrected chi connectivity index (χ0v) is 17.5. The molecule has 0 unspecified atom stereocenters. The number of methoxy groups -OCH3 is 1. The lowest BCUT2D eigenvalue weighted by Crippen LogP contribution is -2.02. The van der Waals surface area contributed by atoms with Crippen LogP contribution in [0.2, 0.25) is 0 Å². The van der Waals surface area contributed by atoms with Gasteiger partial charge in [-0.05, 0) is 6.42 Å². The molecule has 3 heteroatoms. The van der Waals surface area contributed by atoms with Crippen molar-refractivity contribution >= 4 is 0 Å². The second-order valence-electron chi connectivity index (χ2n) is 7.26. The van der Waals surface area contributed by atoms with Crippen molar-refractivity contribution in [1.82, 2.24) is 0 Å². The molecule has 0 rings (SSSR count). The molecule has 0 saturated heterocycles. The van der Waals surface area contributed by atoms with Crippen molar-refractivity contribution in [2.75, 3.05) is 26.9 Å². The predicted molar refractivity (Wildman–Crippen MR) is 110 cm³/mol. The zero-order valence-electron chi connectivity index (χ0n) is 17.5. The Morgan fingerprint density at radius 3 is 1.16 bits per heavy atom. The maximum absolute atomic E-state index is 5.47. The zero-order chi connectivity index (χ0) is 17.6. The smallest absolute Gasteiger partial charge is 0.0700 e. The van der Waals surface area contributed by atoms with Gasteiger partial charge in [0.25, 0.3) is 0 Å². The normalized spacial score (nSPS) is 10.8.